The van der Waals surface area contributed by atoms with Crippen LogP contribution in [0.1, 0.15) is 56.7 Å². The van der Waals surface area contributed by atoms with Crippen LogP contribution in [0.25, 0.3) is 0 Å². The van der Waals surface area contributed by atoms with Crippen LogP contribution >= 0.6 is 0 Å². The van der Waals surface area contributed by atoms with Crippen LogP contribution in [0.15, 0.2) is 4.52 Å². The Kier molecular flexibility index (Phi) is 4.32. The van der Waals surface area contributed by atoms with E-state index in [1.165, 1.54) is 6.42 Å². The Morgan fingerprint density at radius 2 is 2.17 bits per heavy atom. The lowest BCUT2D eigenvalue weighted by atomic mass is 9.84. The van der Waals surface area contributed by atoms with Crippen LogP contribution < -0.4 is 0 Å². The molecule has 0 radical (unpaired) electrons. The van der Waals surface area contributed by atoms with Gasteiger partial charge in [0.2, 0.25) is 11.7 Å². The second-order valence-corrected chi connectivity index (χ2v) is 4.78. The molecule has 5 heteroatoms. The first-order valence-corrected chi connectivity index (χ1v) is 6.56. The summed E-state index contributed by atoms with van der Waals surface area (Å²) >= 11 is 0. The zero-order chi connectivity index (χ0) is 12.8. The fourth-order valence-electron chi connectivity index (χ4n) is 2.50. The Balaban J connectivity index is 2.05. The van der Waals surface area contributed by atoms with Gasteiger partial charge in [-0.15, -0.1) is 0 Å². The number of unbranched alkanes of at least 4 members (excludes halogenated alkanes) is 1. The van der Waals surface area contributed by atoms with Gasteiger partial charge >= 0.3 is 0 Å². The van der Waals surface area contributed by atoms with Gasteiger partial charge in [0.1, 0.15) is 5.60 Å². The molecule has 1 fully saturated rings. The summed E-state index contributed by atoms with van der Waals surface area (Å²) in [6.45, 7) is 0. The second kappa shape index (κ2) is 5.96. The third kappa shape index (κ3) is 2.70. The number of methoxy groups -OCH3 is 1. The lowest BCUT2D eigenvalue weighted by Gasteiger charge is -2.32. The molecular formula is C13H19N3O2. The van der Waals surface area contributed by atoms with E-state index in [2.05, 4.69) is 16.2 Å². The van der Waals surface area contributed by atoms with Crippen molar-refractivity contribution in [3.05, 3.63) is 11.7 Å². The highest BCUT2D eigenvalue weighted by Crippen LogP contribution is 2.38. The maximum absolute atomic E-state index is 8.50. The van der Waals surface area contributed by atoms with E-state index in [0.29, 0.717) is 24.6 Å². The standard InChI is InChI=1S/C13H19N3O2/c1-17-13(8-4-2-5-9-13)12-15-11(18-16-12)7-3-6-10-14/h2-9H2,1H3. The van der Waals surface area contributed by atoms with Gasteiger partial charge in [-0.3, -0.25) is 0 Å². The van der Waals surface area contributed by atoms with E-state index in [1.807, 2.05) is 0 Å². The molecule has 0 N–H and O–H groups in total. The third-order valence-electron chi connectivity index (χ3n) is 3.61. The average molecular weight is 249 g/mol. The van der Waals surface area contributed by atoms with E-state index in [0.717, 1.165) is 32.1 Å². The van der Waals surface area contributed by atoms with Crippen LogP contribution in [-0.2, 0) is 16.8 Å². The molecule has 0 unspecified atom stereocenters. The Labute approximate surface area is 107 Å². The van der Waals surface area contributed by atoms with Crippen molar-refractivity contribution in [2.45, 2.75) is 57.0 Å². The van der Waals surface area contributed by atoms with Gasteiger partial charge in [0.15, 0.2) is 0 Å². The van der Waals surface area contributed by atoms with Crippen LogP contribution in [0, 0.1) is 11.3 Å². The molecule has 1 aliphatic rings. The summed E-state index contributed by atoms with van der Waals surface area (Å²) in [6, 6.07) is 2.11. The highest BCUT2D eigenvalue weighted by molar-refractivity contribution is 5.03. The van der Waals surface area contributed by atoms with Crippen molar-refractivity contribution in [1.82, 2.24) is 10.1 Å². The van der Waals surface area contributed by atoms with Crippen LogP contribution in [-0.4, -0.2) is 17.3 Å². The van der Waals surface area contributed by atoms with E-state index in [-0.39, 0.29) is 5.60 Å². The molecule has 1 aromatic rings. The van der Waals surface area contributed by atoms with E-state index >= 15 is 0 Å². The van der Waals surface area contributed by atoms with Crippen molar-refractivity contribution in [2.75, 3.05) is 7.11 Å². The Morgan fingerprint density at radius 3 is 2.83 bits per heavy atom. The molecule has 5 nitrogen and oxygen atoms in total. The van der Waals surface area contributed by atoms with Crippen molar-refractivity contribution < 1.29 is 9.26 Å². The number of hydrogen-bond donors (Lipinski definition) is 0. The molecule has 0 bridgehead atoms. The summed E-state index contributed by atoms with van der Waals surface area (Å²) in [6.07, 6.45) is 7.41. The second-order valence-electron chi connectivity index (χ2n) is 4.78. The van der Waals surface area contributed by atoms with E-state index in [4.69, 9.17) is 14.5 Å². The van der Waals surface area contributed by atoms with Gasteiger partial charge in [-0.1, -0.05) is 24.4 Å². The summed E-state index contributed by atoms with van der Waals surface area (Å²) in [5.74, 6) is 1.29. The zero-order valence-corrected chi connectivity index (χ0v) is 10.8. The normalized spacial score (nSPS) is 18.4. The quantitative estimate of drug-likeness (QED) is 0.750. The van der Waals surface area contributed by atoms with Gasteiger partial charge < -0.3 is 9.26 Å². The zero-order valence-electron chi connectivity index (χ0n) is 10.8. The molecule has 18 heavy (non-hydrogen) atoms. The van der Waals surface area contributed by atoms with Gasteiger partial charge in [-0.2, -0.15) is 10.2 Å². The third-order valence-corrected chi connectivity index (χ3v) is 3.61. The minimum Gasteiger partial charge on any atom is -0.370 e. The Morgan fingerprint density at radius 1 is 1.39 bits per heavy atom. The molecule has 98 valence electrons. The number of nitriles is 1. The molecule has 0 aromatic carbocycles. The molecule has 0 aliphatic heterocycles. The molecule has 2 rings (SSSR count). The first-order valence-electron chi connectivity index (χ1n) is 6.56. The number of rotatable bonds is 5. The van der Waals surface area contributed by atoms with Crippen LogP contribution in [0.5, 0.6) is 0 Å². The van der Waals surface area contributed by atoms with E-state index in [1.54, 1.807) is 7.11 Å². The number of aryl methyl sites for hydroxylation is 1. The summed E-state index contributed by atoms with van der Waals surface area (Å²) in [5.41, 5.74) is -0.352. The summed E-state index contributed by atoms with van der Waals surface area (Å²) < 4.78 is 10.9. The molecule has 0 atom stereocenters. The first kappa shape index (κ1) is 13.0. The molecule has 1 aromatic heterocycles. The highest BCUT2D eigenvalue weighted by atomic mass is 16.5. The van der Waals surface area contributed by atoms with Crippen LogP contribution in [0.2, 0.25) is 0 Å². The van der Waals surface area contributed by atoms with Gasteiger partial charge in [-0.05, 0) is 19.3 Å². The number of aromatic nitrogens is 2. The van der Waals surface area contributed by atoms with E-state index in [9.17, 15) is 0 Å². The predicted molar refractivity (Wildman–Crippen MR) is 64.6 cm³/mol. The van der Waals surface area contributed by atoms with Crippen molar-refractivity contribution in [3.8, 4) is 6.07 Å². The largest absolute Gasteiger partial charge is 0.370 e. The fourth-order valence-corrected chi connectivity index (χ4v) is 2.50. The minimum atomic E-state index is -0.352. The van der Waals surface area contributed by atoms with Crippen molar-refractivity contribution in [3.63, 3.8) is 0 Å². The average Bonchev–Trinajstić information content (AvgIpc) is 2.89. The molecular weight excluding hydrogens is 230 g/mol. The minimum absolute atomic E-state index is 0.352. The summed E-state index contributed by atoms with van der Waals surface area (Å²) in [7, 11) is 1.72. The van der Waals surface area contributed by atoms with Crippen molar-refractivity contribution >= 4 is 0 Å². The van der Waals surface area contributed by atoms with Crippen LogP contribution in [0.4, 0.5) is 0 Å². The molecule has 0 amide bonds. The van der Waals surface area contributed by atoms with E-state index < -0.39 is 0 Å². The lowest BCUT2D eigenvalue weighted by molar-refractivity contribution is -0.0527. The summed E-state index contributed by atoms with van der Waals surface area (Å²) in [4.78, 5) is 4.44. The van der Waals surface area contributed by atoms with Gasteiger partial charge in [0.05, 0.1) is 6.07 Å². The molecule has 0 spiro atoms. The smallest absolute Gasteiger partial charge is 0.226 e. The summed E-state index contributed by atoms with van der Waals surface area (Å²) in [5, 5.41) is 12.6. The Bertz CT molecular complexity index is 416. The molecule has 1 saturated carbocycles. The Hall–Kier alpha value is -1.41. The molecule has 1 heterocycles. The highest BCUT2D eigenvalue weighted by Gasteiger charge is 2.38. The maximum Gasteiger partial charge on any atom is 0.226 e. The van der Waals surface area contributed by atoms with Crippen LogP contribution in [0.3, 0.4) is 0 Å². The predicted octanol–water partition coefficient (Wildman–Crippen LogP) is 2.72. The molecule has 0 saturated heterocycles. The lowest BCUT2D eigenvalue weighted by Crippen LogP contribution is -2.32. The first-order chi connectivity index (χ1) is 8.80. The fraction of sp³-hybridized carbons (Fsp3) is 0.769. The maximum atomic E-state index is 8.50. The van der Waals surface area contributed by atoms with Gasteiger partial charge in [-0.25, -0.2) is 0 Å². The van der Waals surface area contributed by atoms with Gasteiger partial charge in [0.25, 0.3) is 0 Å². The number of nitrogens with zero attached hydrogens (tertiary/aromatic N) is 3. The van der Waals surface area contributed by atoms with Crippen molar-refractivity contribution in [2.24, 2.45) is 0 Å². The number of hydrogen-bond acceptors (Lipinski definition) is 5. The topological polar surface area (TPSA) is 71.9 Å². The monoisotopic (exact) mass is 249 g/mol. The van der Waals surface area contributed by atoms with Crippen molar-refractivity contribution in [1.29, 1.82) is 5.26 Å². The SMILES string of the molecule is COC1(c2noc(CCCC#N)n2)CCCCC1. The molecule has 1 aliphatic carbocycles. The van der Waals surface area contributed by atoms with Gasteiger partial charge in [0, 0.05) is 20.0 Å². The number of ether oxygens (including phenoxy) is 1.